The van der Waals surface area contributed by atoms with E-state index in [0.717, 1.165) is 76.9 Å². The zero-order chi connectivity index (χ0) is 43.7. The molecule has 310 valence electrons. The molecule has 12 aromatic carbocycles. The van der Waals surface area contributed by atoms with Crippen molar-refractivity contribution < 1.29 is 13.3 Å². The molecule has 0 saturated carbocycles. The Morgan fingerprint density at radius 3 is 1.00 bits per heavy atom. The highest BCUT2D eigenvalue weighted by Crippen LogP contribution is 2.50. The molecule has 0 fully saturated rings. The maximum Gasteiger partial charge on any atom is 0.136 e. The van der Waals surface area contributed by atoms with Gasteiger partial charge in [0.1, 0.15) is 33.5 Å². The van der Waals surface area contributed by atoms with Crippen LogP contribution in [0.4, 0.5) is 0 Å². The molecule has 67 heavy (non-hydrogen) atoms. The second-order valence-corrected chi connectivity index (χ2v) is 17.8. The fourth-order valence-electron chi connectivity index (χ4n) is 11.5. The van der Waals surface area contributed by atoms with E-state index in [9.17, 15) is 0 Å². The molecule has 15 rings (SSSR count). The summed E-state index contributed by atoms with van der Waals surface area (Å²) in [5.41, 5.74) is 14.8. The van der Waals surface area contributed by atoms with E-state index >= 15 is 0 Å². The van der Waals surface area contributed by atoms with Crippen LogP contribution >= 0.6 is 0 Å². The van der Waals surface area contributed by atoms with Gasteiger partial charge in [-0.1, -0.05) is 170 Å². The monoisotopic (exact) mass is 852 g/mol. The number of rotatable bonds is 4. The molecule has 0 aliphatic heterocycles. The van der Waals surface area contributed by atoms with E-state index in [0.29, 0.717) is 0 Å². The molecule has 0 spiro atoms. The van der Waals surface area contributed by atoms with Crippen molar-refractivity contribution in [3.8, 4) is 44.5 Å². The maximum absolute atomic E-state index is 6.80. The van der Waals surface area contributed by atoms with E-state index in [1.54, 1.807) is 0 Å². The third-order valence-electron chi connectivity index (χ3n) is 14.3. The van der Waals surface area contributed by atoms with Crippen LogP contribution in [0.3, 0.4) is 0 Å². The smallest absolute Gasteiger partial charge is 0.136 e. The van der Waals surface area contributed by atoms with Gasteiger partial charge in [-0.25, -0.2) is 0 Å². The molecule has 3 aromatic heterocycles. The van der Waals surface area contributed by atoms with Crippen molar-refractivity contribution in [1.82, 2.24) is 0 Å². The van der Waals surface area contributed by atoms with Crippen LogP contribution < -0.4 is 0 Å². The van der Waals surface area contributed by atoms with E-state index in [-0.39, 0.29) is 0 Å². The molecular weight excluding hydrogens is 817 g/mol. The van der Waals surface area contributed by atoms with Crippen molar-refractivity contribution in [2.75, 3.05) is 0 Å². The van der Waals surface area contributed by atoms with Gasteiger partial charge in [0.15, 0.2) is 0 Å². The lowest BCUT2D eigenvalue weighted by atomic mass is 9.84. The Hall–Kier alpha value is -8.92. The van der Waals surface area contributed by atoms with E-state index < -0.39 is 0 Å². The van der Waals surface area contributed by atoms with Crippen molar-refractivity contribution in [2.45, 2.75) is 0 Å². The summed E-state index contributed by atoms with van der Waals surface area (Å²) in [5, 5.41) is 16.3. The van der Waals surface area contributed by atoms with Gasteiger partial charge in [0.2, 0.25) is 0 Å². The Morgan fingerprint density at radius 1 is 0.194 bits per heavy atom. The third-order valence-corrected chi connectivity index (χ3v) is 14.3. The van der Waals surface area contributed by atoms with Gasteiger partial charge in [-0.2, -0.15) is 0 Å². The lowest BCUT2D eigenvalue weighted by Crippen LogP contribution is -1.91. The minimum absolute atomic E-state index is 0.863. The zero-order valence-electron chi connectivity index (χ0n) is 36.0. The van der Waals surface area contributed by atoms with Crippen molar-refractivity contribution >= 4 is 109 Å². The van der Waals surface area contributed by atoms with Crippen molar-refractivity contribution in [3.05, 3.63) is 218 Å². The van der Waals surface area contributed by atoms with Crippen molar-refractivity contribution in [1.29, 1.82) is 0 Å². The number of para-hydroxylation sites is 2. The van der Waals surface area contributed by atoms with Gasteiger partial charge < -0.3 is 13.3 Å². The molecule has 3 nitrogen and oxygen atoms in total. The fourth-order valence-corrected chi connectivity index (χ4v) is 11.5. The molecule has 0 radical (unpaired) electrons. The topological polar surface area (TPSA) is 39.4 Å². The Morgan fingerprint density at radius 2 is 0.537 bits per heavy atom. The van der Waals surface area contributed by atoms with Crippen LogP contribution in [0, 0.1) is 0 Å². The molecule has 0 bridgehead atoms. The summed E-state index contributed by atoms with van der Waals surface area (Å²) >= 11 is 0. The summed E-state index contributed by atoms with van der Waals surface area (Å²) in [7, 11) is 0. The zero-order valence-corrected chi connectivity index (χ0v) is 36.0. The molecule has 0 amide bonds. The van der Waals surface area contributed by atoms with Gasteiger partial charge in [0.25, 0.3) is 0 Å². The molecule has 0 atom stereocenters. The summed E-state index contributed by atoms with van der Waals surface area (Å²) in [4.78, 5) is 0. The van der Waals surface area contributed by atoms with Crippen molar-refractivity contribution in [3.63, 3.8) is 0 Å². The molecule has 0 saturated heterocycles. The van der Waals surface area contributed by atoms with Gasteiger partial charge in [0.05, 0.1) is 0 Å². The van der Waals surface area contributed by atoms with Crippen molar-refractivity contribution in [2.24, 2.45) is 0 Å². The summed E-state index contributed by atoms with van der Waals surface area (Å²) in [6.07, 6.45) is 0. The first-order valence-corrected chi connectivity index (χ1v) is 22.9. The van der Waals surface area contributed by atoms with Crippen LogP contribution in [-0.4, -0.2) is 0 Å². The minimum Gasteiger partial charge on any atom is -0.456 e. The molecule has 0 aliphatic carbocycles. The van der Waals surface area contributed by atoms with Gasteiger partial charge in [-0.15, -0.1) is 0 Å². The molecular formula is C64H36O3. The summed E-state index contributed by atoms with van der Waals surface area (Å²) in [5.74, 6) is 0. The first-order valence-electron chi connectivity index (χ1n) is 22.9. The predicted molar refractivity (Wildman–Crippen MR) is 280 cm³/mol. The van der Waals surface area contributed by atoms with Crippen LogP contribution in [-0.2, 0) is 0 Å². The average molecular weight is 853 g/mol. The van der Waals surface area contributed by atoms with Gasteiger partial charge in [0, 0.05) is 32.3 Å². The third kappa shape index (κ3) is 5.17. The molecule has 3 heterocycles. The van der Waals surface area contributed by atoms with Crippen LogP contribution in [0.5, 0.6) is 0 Å². The second-order valence-electron chi connectivity index (χ2n) is 17.8. The molecule has 3 heteroatoms. The molecule has 15 aromatic rings. The highest BCUT2D eigenvalue weighted by Gasteiger charge is 2.23. The number of furan rings is 3. The molecule has 0 unspecified atom stereocenters. The highest BCUT2D eigenvalue weighted by molar-refractivity contribution is 6.28. The molecule has 0 N–H and O–H groups in total. The molecule has 0 aliphatic rings. The highest BCUT2D eigenvalue weighted by atomic mass is 16.3. The minimum atomic E-state index is 0.863. The standard InChI is InChI=1S/C64H36O3/c1-5-19-44-40(15-1)59(41-16-2-6-20-45(41)61(44)50-25-13-29-56-63(50)48-23-9-11-27-53(48)65-56)37-32-34-55-52(35-37)39-33-31-38(36-58(39)67-55)60-42-17-3-7-21-46(42)62(47-22-8-4-18-43(47)60)51-26-14-30-57-64(51)49-24-10-12-28-54(49)66-57/h1-36H. The Kier molecular flexibility index (Phi) is 7.50. The van der Waals surface area contributed by atoms with Crippen LogP contribution in [0.25, 0.3) is 153 Å². The number of fused-ring (bicyclic) bond motifs is 13. The average Bonchev–Trinajstić information content (AvgIpc) is 4.08. The lowest BCUT2D eigenvalue weighted by molar-refractivity contribution is 0.668. The predicted octanol–water partition coefficient (Wildman–Crippen LogP) is 18.7. The van der Waals surface area contributed by atoms with E-state index in [4.69, 9.17) is 13.3 Å². The quantitative estimate of drug-likeness (QED) is 0.166. The largest absolute Gasteiger partial charge is 0.456 e. The van der Waals surface area contributed by atoms with Gasteiger partial charge >= 0.3 is 0 Å². The Labute approximate surface area is 383 Å². The summed E-state index contributed by atoms with van der Waals surface area (Å²) in [6, 6.07) is 78.5. The first-order chi connectivity index (χ1) is 33.2. The Bertz CT molecular complexity index is 4460. The SMILES string of the molecule is c1ccc2c(c1)oc1cccc(-c3c4ccccc4c(-c4ccc5c(c4)oc4ccc(-c6c7ccccc7c(-c7cccc8oc9ccccc9c78)c7ccccc67)cc45)c4ccccc34)c12. The summed E-state index contributed by atoms with van der Waals surface area (Å²) in [6.45, 7) is 0. The number of hydrogen-bond donors (Lipinski definition) is 0. The van der Waals surface area contributed by atoms with Gasteiger partial charge in [-0.3, -0.25) is 0 Å². The fraction of sp³-hybridized carbons (Fsp3) is 0. The number of benzene rings is 12. The van der Waals surface area contributed by atoms with Crippen LogP contribution in [0.1, 0.15) is 0 Å². The van der Waals surface area contributed by atoms with Gasteiger partial charge in [-0.05, 0) is 136 Å². The van der Waals surface area contributed by atoms with E-state index in [2.05, 4.69) is 206 Å². The second kappa shape index (κ2) is 13.8. The van der Waals surface area contributed by atoms with E-state index in [1.807, 2.05) is 12.1 Å². The van der Waals surface area contributed by atoms with E-state index in [1.165, 1.54) is 76.5 Å². The van der Waals surface area contributed by atoms with Crippen LogP contribution in [0.2, 0.25) is 0 Å². The normalized spacial score (nSPS) is 12.2. The van der Waals surface area contributed by atoms with Crippen LogP contribution in [0.15, 0.2) is 232 Å². The summed E-state index contributed by atoms with van der Waals surface area (Å²) < 4.78 is 19.6. The Balaban J connectivity index is 0.925. The first kappa shape index (κ1) is 36.4. The lowest BCUT2D eigenvalue weighted by Gasteiger charge is -2.18. The maximum atomic E-state index is 6.80. The number of hydrogen-bond acceptors (Lipinski definition) is 3.